The summed E-state index contributed by atoms with van der Waals surface area (Å²) >= 11 is 0. The number of hydrogen-bond acceptors (Lipinski definition) is 3. The highest BCUT2D eigenvalue weighted by molar-refractivity contribution is 7.58. The molecule has 4 heteroatoms. The molecule has 0 saturated heterocycles. The van der Waals surface area contributed by atoms with Crippen LogP contribution in [0.15, 0.2) is 60.9 Å². The van der Waals surface area contributed by atoms with Crippen LogP contribution in [0.3, 0.4) is 0 Å². The minimum Gasteiger partial charge on any atom is -0.413 e. The molecule has 0 aromatic heterocycles. The summed E-state index contributed by atoms with van der Waals surface area (Å²) < 4.78 is 23.7. The lowest BCUT2D eigenvalue weighted by atomic mass is 10.2. The van der Waals surface area contributed by atoms with Crippen LogP contribution in [0.5, 0.6) is 11.5 Å². The quantitative estimate of drug-likeness (QED) is 0.623. The number of aryl methyl sites for hydroxylation is 2. The van der Waals surface area contributed by atoms with Crippen LogP contribution < -0.4 is 9.05 Å². The molecule has 2 aromatic carbocycles. The van der Waals surface area contributed by atoms with E-state index in [0.717, 1.165) is 12.8 Å². The molecule has 3 nitrogen and oxygen atoms in total. The van der Waals surface area contributed by atoms with Crippen LogP contribution in [0.25, 0.3) is 0 Å². The number of hydrogen-bond donors (Lipinski definition) is 0. The first-order valence-electron chi connectivity index (χ1n) is 7.39. The van der Waals surface area contributed by atoms with Crippen molar-refractivity contribution in [2.75, 3.05) is 0 Å². The smallest absolute Gasteiger partial charge is 0.413 e. The molecule has 0 fully saturated rings. The molecule has 0 aliphatic heterocycles. The van der Waals surface area contributed by atoms with E-state index in [2.05, 4.69) is 20.4 Å². The highest BCUT2D eigenvalue weighted by Gasteiger charge is 2.23. The van der Waals surface area contributed by atoms with Gasteiger partial charge < -0.3 is 9.05 Å². The van der Waals surface area contributed by atoms with E-state index in [0.29, 0.717) is 11.5 Å². The highest BCUT2D eigenvalue weighted by Crippen LogP contribution is 2.49. The zero-order valence-electron chi connectivity index (χ0n) is 13.0. The summed E-state index contributed by atoms with van der Waals surface area (Å²) in [6.07, 6.45) is 1.89. The van der Waals surface area contributed by atoms with Crippen LogP contribution in [0, 0.1) is 0 Å². The molecule has 0 saturated carbocycles. The fraction of sp³-hybridized carbons (Fsp3) is 0.222. The van der Waals surface area contributed by atoms with Crippen molar-refractivity contribution in [3.05, 3.63) is 72.1 Å². The maximum absolute atomic E-state index is 12.7. The standard InChI is InChI=1S/C18H21O3P/c1-4-15-7-11-17(12-8-15)20-22(19,6-3)21-18-13-9-16(5-2)10-14-18/h6-14H,3-5H2,1-2H3. The van der Waals surface area contributed by atoms with Crippen molar-refractivity contribution in [3.63, 3.8) is 0 Å². The van der Waals surface area contributed by atoms with E-state index < -0.39 is 7.60 Å². The van der Waals surface area contributed by atoms with Gasteiger partial charge in [0.15, 0.2) is 0 Å². The summed E-state index contributed by atoms with van der Waals surface area (Å²) in [7, 11) is -3.43. The molecule has 0 atom stereocenters. The van der Waals surface area contributed by atoms with E-state index in [9.17, 15) is 4.57 Å². The normalized spacial score (nSPS) is 11.0. The van der Waals surface area contributed by atoms with Crippen molar-refractivity contribution in [2.45, 2.75) is 26.7 Å². The molecular formula is C18H21O3P. The maximum Gasteiger partial charge on any atom is 0.455 e. The minimum absolute atomic E-state index is 0.505. The molecule has 0 heterocycles. The first-order valence-corrected chi connectivity index (χ1v) is 9.00. The van der Waals surface area contributed by atoms with Gasteiger partial charge in [0.05, 0.1) is 0 Å². The van der Waals surface area contributed by atoms with Gasteiger partial charge in [0.2, 0.25) is 0 Å². The Bertz CT molecular complexity index is 606. The van der Waals surface area contributed by atoms with Crippen LogP contribution in [-0.4, -0.2) is 0 Å². The van der Waals surface area contributed by atoms with Crippen molar-refractivity contribution in [2.24, 2.45) is 0 Å². The van der Waals surface area contributed by atoms with Gasteiger partial charge in [0.25, 0.3) is 0 Å². The SMILES string of the molecule is C=CP(=O)(Oc1ccc(CC)cc1)Oc1ccc(CC)cc1. The average Bonchev–Trinajstić information content (AvgIpc) is 2.56. The number of rotatable bonds is 7. The topological polar surface area (TPSA) is 35.5 Å². The van der Waals surface area contributed by atoms with Crippen LogP contribution in [0.4, 0.5) is 0 Å². The zero-order chi connectivity index (χ0) is 16.0. The van der Waals surface area contributed by atoms with E-state index in [-0.39, 0.29) is 0 Å². The molecular weight excluding hydrogens is 295 g/mol. The molecule has 0 bridgehead atoms. The fourth-order valence-electron chi connectivity index (χ4n) is 1.96. The van der Waals surface area contributed by atoms with Crippen LogP contribution in [0.2, 0.25) is 0 Å². The summed E-state index contributed by atoms with van der Waals surface area (Å²) in [5.74, 6) is 2.24. The Morgan fingerprint density at radius 2 is 1.23 bits per heavy atom. The summed E-state index contributed by atoms with van der Waals surface area (Å²) in [5, 5.41) is 0. The lowest BCUT2D eigenvalue weighted by Gasteiger charge is -2.17. The van der Waals surface area contributed by atoms with Crippen molar-refractivity contribution < 1.29 is 13.6 Å². The Balaban J connectivity index is 2.12. The van der Waals surface area contributed by atoms with Crippen molar-refractivity contribution in [1.82, 2.24) is 0 Å². The van der Waals surface area contributed by atoms with E-state index in [1.807, 2.05) is 24.3 Å². The van der Waals surface area contributed by atoms with Gasteiger partial charge in [-0.15, -0.1) is 0 Å². The van der Waals surface area contributed by atoms with Crippen molar-refractivity contribution in [3.8, 4) is 11.5 Å². The number of benzene rings is 2. The zero-order valence-corrected chi connectivity index (χ0v) is 13.9. The van der Waals surface area contributed by atoms with Crippen LogP contribution in [-0.2, 0) is 17.4 Å². The Labute approximate surface area is 132 Å². The fourth-order valence-corrected chi connectivity index (χ4v) is 2.98. The summed E-state index contributed by atoms with van der Waals surface area (Å²) in [5.41, 5.74) is 2.38. The van der Waals surface area contributed by atoms with Gasteiger partial charge in [-0.3, -0.25) is 0 Å². The molecule has 0 N–H and O–H groups in total. The Hall–Kier alpha value is -1.99. The van der Waals surface area contributed by atoms with E-state index in [4.69, 9.17) is 9.05 Å². The predicted molar refractivity (Wildman–Crippen MR) is 90.7 cm³/mol. The van der Waals surface area contributed by atoms with Gasteiger partial charge in [0.1, 0.15) is 11.5 Å². The lowest BCUT2D eigenvalue weighted by molar-refractivity contribution is 0.398. The summed E-state index contributed by atoms with van der Waals surface area (Å²) in [6, 6.07) is 14.9. The highest BCUT2D eigenvalue weighted by atomic mass is 31.2. The lowest BCUT2D eigenvalue weighted by Crippen LogP contribution is -1.98. The van der Waals surface area contributed by atoms with Gasteiger partial charge in [-0.25, -0.2) is 4.57 Å². The molecule has 0 aliphatic carbocycles. The molecule has 0 radical (unpaired) electrons. The van der Waals surface area contributed by atoms with Crippen LogP contribution >= 0.6 is 7.60 Å². The average molecular weight is 316 g/mol. The largest absolute Gasteiger partial charge is 0.455 e. The van der Waals surface area contributed by atoms with Gasteiger partial charge in [-0.1, -0.05) is 44.7 Å². The van der Waals surface area contributed by atoms with Gasteiger partial charge in [-0.2, -0.15) is 0 Å². The molecule has 2 rings (SSSR count). The predicted octanol–water partition coefficient (Wildman–Crippen LogP) is 5.61. The molecule has 0 amide bonds. The third-order valence-corrected chi connectivity index (χ3v) is 4.73. The van der Waals surface area contributed by atoms with Crippen LogP contribution in [0.1, 0.15) is 25.0 Å². The first kappa shape index (κ1) is 16.4. The Morgan fingerprint density at radius 1 is 0.864 bits per heavy atom. The monoisotopic (exact) mass is 316 g/mol. The second-order valence-corrected chi connectivity index (χ2v) is 6.71. The van der Waals surface area contributed by atoms with Crippen molar-refractivity contribution >= 4 is 7.60 Å². The summed E-state index contributed by atoms with van der Waals surface area (Å²) in [6.45, 7) is 7.73. The first-order chi connectivity index (χ1) is 10.6. The third-order valence-electron chi connectivity index (χ3n) is 3.35. The second-order valence-electron chi connectivity index (χ2n) is 4.90. The summed E-state index contributed by atoms with van der Waals surface area (Å²) in [4.78, 5) is 0. The maximum atomic E-state index is 12.7. The molecule has 2 aromatic rings. The van der Waals surface area contributed by atoms with E-state index in [1.54, 1.807) is 24.3 Å². The third kappa shape index (κ3) is 4.25. The molecule has 22 heavy (non-hydrogen) atoms. The van der Waals surface area contributed by atoms with Crippen molar-refractivity contribution in [1.29, 1.82) is 0 Å². The van der Waals surface area contributed by atoms with E-state index in [1.165, 1.54) is 16.9 Å². The molecule has 0 aliphatic rings. The molecule has 0 spiro atoms. The Morgan fingerprint density at radius 3 is 1.50 bits per heavy atom. The minimum atomic E-state index is -3.43. The Kier molecular flexibility index (Phi) is 5.46. The van der Waals surface area contributed by atoms with Gasteiger partial charge in [-0.05, 0) is 48.2 Å². The van der Waals surface area contributed by atoms with Gasteiger partial charge >= 0.3 is 7.60 Å². The second kappa shape index (κ2) is 7.33. The van der Waals surface area contributed by atoms with E-state index >= 15 is 0 Å². The molecule has 116 valence electrons. The molecule has 0 unspecified atom stereocenters. The van der Waals surface area contributed by atoms with Gasteiger partial charge in [0, 0.05) is 5.82 Å².